The largest absolute Gasteiger partial charge is 0.297 e. The maximum atomic E-state index is 4.27. The maximum Gasteiger partial charge on any atom is 0.0533 e. The van der Waals surface area contributed by atoms with Crippen LogP contribution in [-0.2, 0) is 0 Å². The molecule has 1 aliphatic rings. The van der Waals surface area contributed by atoms with Gasteiger partial charge in [0.05, 0.1) is 6.04 Å². The molecule has 0 aromatic heterocycles. The molecule has 3 atom stereocenters. The van der Waals surface area contributed by atoms with Crippen molar-refractivity contribution >= 4 is 45.5 Å². The maximum absolute atomic E-state index is 4.27. The number of hydrogen-bond acceptors (Lipinski definition) is 2. The quantitative estimate of drug-likeness (QED) is 0.340. The van der Waals surface area contributed by atoms with E-state index in [0.717, 1.165) is 18.9 Å². The molecule has 1 aliphatic carbocycles. The average Bonchev–Trinajstić information content (AvgIpc) is 2.19. The van der Waals surface area contributed by atoms with Gasteiger partial charge in [0.2, 0.25) is 0 Å². The van der Waals surface area contributed by atoms with E-state index < -0.39 is 0 Å². The lowest BCUT2D eigenvalue weighted by molar-refractivity contribution is 0.306. The molecule has 1 saturated carbocycles. The first-order valence-electron chi connectivity index (χ1n) is 5.21. The van der Waals surface area contributed by atoms with Gasteiger partial charge in [-0.15, -0.1) is 0 Å². The fourth-order valence-corrected chi connectivity index (χ4v) is 3.31. The van der Waals surface area contributed by atoms with Crippen molar-refractivity contribution in [3.63, 3.8) is 0 Å². The van der Waals surface area contributed by atoms with Crippen molar-refractivity contribution in [1.82, 2.24) is 3.53 Å². The van der Waals surface area contributed by atoms with Crippen LogP contribution in [-0.4, -0.2) is 24.1 Å². The molecule has 0 bridgehead atoms. The highest BCUT2D eigenvalue weighted by atomic mass is 127. The van der Waals surface area contributed by atoms with Gasteiger partial charge in [-0.2, -0.15) is 0 Å². The van der Waals surface area contributed by atoms with Crippen LogP contribution in [0.3, 0.4) is 0 Å². The van der Waals surface area contributed by atoms with E-state index in [1.54, 1.807) is 0 Å². The molecule has 1 N–H and O–H groups in total. The normalized spacial score (nSPS) is 29.9. The number of nitrogens with zero attached hydrogens (tertiary/aromatic N) is 1. The molecule has 0 aromatic rings. The van der Waals surface area contributed by atoms with E-state index in [-0.39, 0.29) is 0 Å². The van der Waals surface area contributed by atoms with E-state index in [0.29, 0.717) is 10.9 Å². The van der Waals surface area contributed by atoms with Crippen LogP contribution in [0, 0.1) is 5.92 Å². The Morgan fingerprint density at radius 1 is 1.57 bits per heavy atom. The molecule has 82 valence electrons. The molecule has 0 heterocycles. The summed E-state index contributed by atoms with van der Waals surface area (Å²) in [5, 5.41) is 0. The molecule has 3 unspecified atom stereocenters. The Bertz CT molecular complexity index is 178. The van der Waals surface area contributed by atoms with Crippen LogP contribution in [0.5, 0.6) is 0 Å². The van der Waals surface area contributed by atoms with Gasteiger partial charge in [0.1, 0.15) is 0 Å². The Hall–Kier alpha value is 0.840. The lowest BCUT2D eigenvalue weighted by Gasteiger charge is -2.30. The highest BCUT2D eigenvalue weighted by Gasteiger charge is 2.26. The molecule has 4 heteroatoms. The predicted octanol–water partition coefficient (Wildman–Crippen LogP) is 3.34. The summed E-state index contributed by atoms with van der Waals surface area (Å²) in [7, 11) is 0. The summed E-state index contributed by atoms with van der Waals surface area (Å²) < 4.78 is 3.15. The first-order chi connectivity index (χ1) is 6.77. The molecule has 1 rings (SSSR count). The lowest BCUT2D eigenvalue weighted by Crippen LogP contribution is -2.27. The summed E-state index contributed by atoms with van der Waals surface area (Å²) in [6, 6.07) is 0.456. The summed E-state index contributed by atoms with van der Waals surface area (Å²) in [4.78, 5) is 4.98. The van der Waals surface area contributed by atoms with Gasteiger partial charge in [0.15, 0.2) is 0 Å². The van der Waals surface area contributed by atoms with Crippen molar-refractivity contribution in [3.8, 4) is 0 Å². The number of halogens is 2. The van der Waals surface area contributed by atoms with Crippen LogP contribution in [0.25, 0.3) is 0 Å². The van der Waals surface area contributed by atoms with Crippen LogP contribution in [0.4, 0.5) is 0 Å². The topological polar surface area (TPSA) is 24.4 Å². The van der Waals surface area contributed by atoms with Gasteiger partial charge in [-0.25, -0.2) is 0 Å². The Kier molecular flexibility index (Phi) is 6.61. The highest BCUT2D eigenvalue weighted by molar-refractivity contribution is 14.1. The zero-order valence-electron chi connectivity index (χ0n) is 8.38. The fraction of sp³-hybridized carbons (Fsp3) is 0.900. The second-order valence-corrected chi connectivity index (χ2v) is 6.00. The number of rotatable bonds is 5. The molecule has 0 aliphatic heterocycles. The Morgan fingerprint density at radius 2 is 2.36 bits per heavy atom. The third-order valence-electron chi connectivity index (χ3n) is 2.96. The summed E-state index contributed by atoms with van der Waals surface area (Å²) in [5.74, 6) is 0.746. The molecule has 1 fully saturated rings. The minimum absolute atomic E-state index is 0.456. The van der Waals surface area contributed by atoms with Gasteiger partial charge in [-0.05, 0) is 38.3 Å². The molecule has 0 amide bonds. The summed E-state index contributed by atoms with van der Waals surface area (Å²) in [6.07, 6.45) is 6.38. The van der Waals surface area contributed by atoms with E-state index in [2.05, 4.69) is 54.0 Å². The molecular formula is C10H18BrIN2. The SMILES string of the molecule is C=NC(CCNI)C1CCCC(Br)C1. The summed E-state index contributed by atoms with van der Waals surface area (Å²) in [5.41, 5.74) is 0. The van der Waals surface area contributed by atoms with Crippen molar-refractivity contribution in [1.29, 1.82) is 0 Å². The van der Waals surface area contributed by atoms with Gasteiger partial charge in [0.25, 0.3) is 0 Å². The van der Waals surface area contributed by atoms with Crippen molar-refractivity contribution in [2.24, 2.45) is 10.9 Å². The molecule has 14 heavy (non-hydrogen) atoms. The average molecular weight is 373 g/mol. The van der Waals surface area contributed by atoms with Crippen LogP contribution in [0.2, 0.25) is 0 Å². The number of aliphatic imine (C=N–C) groups is 1. The predicted molar refractivity (Wildman–Crippen MR) is 74.6 cm³/mol. The van der Waals surface area contributed by atoms with Gasteiger partial charge >= 0.3 is 0 Å². The second kappa shape index (κ2) is 7.17. The van der Waals surface area contributed by atoms with Crippen molar-refractivity contribution < 1.29 is 0 Å². The highest BCUT2D eigenvalue weighted by Crippen LogP contribution is 2.33. The molecule has 0 aromatic carbocycles. The van der Waals surface area contributed by atoms with Gasteiger partial charge in [-0.3, -0.25) is 8.52 Å². The third-order valence-corrected chi connectivity index (χ3v) is 4.34. The smallest absolute Gasteiger partial charge is 0.0533 e. The molecule has 2 nitrogen and oxygen atoms in total. The third kappa shape index (κ3) is 4.14. The Morgan fingerprint density at radius 3 is 2.93 bits per heavy atom. The zero-order chi connectivity index (χ0) is 10.4. The second-order valence-electron chi connectivity index (χ2n) is 3.95. The van der Waals surface area contributed by atoms with Gasteiger partial charge < -0.3 is 0 Å². The number of alkyl halides is 1. The van der Waals surface area contributed by atoms with E-state index >= 15 is 0 Å². The van der Waals surface area contributed by atoms with E-state index in [4.69, 9.17) is 0 Å². The van der Waals surface area contributed by atoms with Gasteiger partial charge in [-0.1, -0.05) is 22.4 Å². The Labute approximate surface area is 109 Å². The standard InChI is InChI=1S/C10H18BrIN2/c1-13-10(5-6-14-12)8-3-2-4-9(11)7-8/h8-10,14H,1-7H2. The number of nitrogens with one attached hydrogen (secondary N) is 1. The van der Waals surface area contributed by atoms with Gasteiger partial charge in [0, 0.05) is 34.2 Å². The summed E-state index contributed by atoms with van der Waals surface area (Å²) in [6.45, 7) is 4.75. The van der Waals surface area contributed by atoms with Crippen LogP contribution in [0.1, 0.15) is 32.1 Å². The van der Waals surface area contributed by atoms with Crippen molar-refractivity contribution in [2.75, 3.05) is 6.54 Å². The minimum Gasteiger partial charge on any atom is -0.297 e. The minimum atomic E-state index is 0.456. The van der Waals surface area contributed by atoms with Crippen LogP contribution >= 0.6 is 38.8 Å². The molecule has 0 radical (unpaired) electrons. The van der Waals surface area contributed by atoms with Crippen molar-refractivity contribution in [3.05, 3.63) is 0 Å². The lowest BCUT2D eigenvalue weighted by atomic mass is 9.83. The van der Waals surface area contributed by atoms with E-state index in [1.165, 1.54) is 25.7 Å². The van der Waals surface area contributed by atoms with Crippen molar-refractivity contribution in [2.45, 2.75) is 43.0 Å². The Balaban J connectivity index is 2.38. The van der Waals surface area contributed by atoms with E-state index in [1.807, 2.05) is 0 Å². The molecular weight excluding hydrogens is 355 g/mol. The fourth-order valence-electron chi connectivity index (χ4n) is 2.19. The zero-order valence-corrected chi connectivity index (χ0v) is 12.1. The monoisotopic (exact) mass is 372 g/mol. The number of hydrogen-bond donors (Lipinski definition) is 1. The van der Waals surface area contributed by atoms with Crippen LogP contribution < -0.4 is 3.53 Å². The first-order valence-corrected chi connectivity index (χ1v) is 7.20. The van der Waals surface area contributed by atoms with E-state index in [9.17, 15) is 0 Å². The summed E-state index contributed by atoms with van der Waals surface area (Å²) >= 11 is 5.91. The van der Waals surface area contributed by atoms with Crippen LogP contribution in [0.15, 0.2) is 4.99 Å². The first kappa shape index (κ1) is 12.9. The molecule has 0 spiro atoms. The molecule has 0 saturated heterocycles.